The van der Waals surface area contributed by atoms with Crippen LogP contribution in [-0.2, 0) is 6.42 Å². The van der Waals surface area contributed by atoms with Gasteiger partial charge in [-0.2, -0.15) is 4.98 Å². The van der Waals surface area contributed by atoms with Gasteiger partial charge in [-0.05, 0) is 24.3 Å². The minimum atomic E-state index is -0.551. The fraction of sp³-hybridized carbons (Fsp3) is 0.211. The fourth-order valence-electron chi connectivity index (χ4n) is 2.59. The molecular weight excluding hydrogens is 380 g/mol. The number of amides is 1. The molecule has 3 rings (SSSR count). The van der Waals surface area contributed by atoms with Crippen LogP contribution in [0.5, 0.6) is 11.5 Å². The Balaban J connectivity index is 1.60. The monoisotopic (exact) mass is 398 g/mol. The highest BCUT2D eigenvalue weighted by Crippen LogP contribution is 2.31. The van der Waals surface area contributed by atoms with Crippen LogP contribution in [0.4, 0.5) is 5.69 Å². The Morgan fingerprint density at radius 3 is 2.69 bits per heavy atom. The first-order chi connectivity index (χ1) is 14.0. The molecule has 29 heavy (non-hydrogen) atoms. The summed E-state index contributed by atoms with van der Waals surface area (Å²) < 4.78 is 15.7. The second kappa shape index (κ2) is 8.83. The van der Waals surface area contributed by atoms with Crippen molar-refractivity contribution in [3.8, 4) is 22.9 Å². The van der Waals surface area contributed by atoms with E-state index in [1.807, 2.05) is 0 Å². The van der Waals surface area contributed by atoms with Crippen LogP contribution in [0, 0.1) is 10.1 Å². The zero-order chi connectivity index (χ0) is 20.8. The lowest BCUT2D eigenvalue weighted by molar-refractivity contribution is -0.384. The number of methoxy groups -OCH3 is 2. The van der Waals surface area contributed by atoms with Crippen LogP contribution in [0.1, 0.15) is 16.2 Å². The molecule has 0 aliphatic heterocycles. The maximum atomic E-state index is 12.1. The predicted molar refractivity (Wildman–Crippen MR) is 102 cm³/mol. The van der Waals surface area contributed by atoms with Gasteiger partial charge in [0.15, 0.2) is 11.5 Å². The number of rotatable bonds is 8. The molecule has 1 aromatic heterocycles. The van der Waals surface area contributed by atoms with Gasteiger partial charge in [0.25, 0.3) is 11.6 Å². The Bertz CT molecular complexity index is 1030. The molecule has 0 bridgehead atoms. The highest BCUT2D eigenvalue weighted by Gasteiger charge is 2.14. The molecule has 10 heteroatoms. The van der Waals surface area contributed by atoms with Gasteiger partial charge >= 0.3 is 0 Å². The van der Waals surface area contributed by atoms with Gasteiger partial charge in [-0.1, -0.05) is 11.2 Å². The fourth-order valence-corrected chi connectivity index (χ4v) is 2.59. The second-order valence-electron chi connectivity index (χ2n) is 5.89. The molecule has 0 aliphatic rings. The molecule has 0 atom stereocenters. The standard InChI is InChI=1S/C19H18N4O6/c1-27-15-7-6-12(11-16(15)28-2)18-21-17(29-22-18)8-9-20-19(24)13-4-3-5-14(10-13)23(25)26/h3-7,10-11H,8-9H2,1-2H3,(H,20,24). The number of aromatic nitrogens is 2. The third-order valence-electron chi connectivity index (χ3n) is 4.05. The van der Waals surface area contributed by atoms with E-state index < -0.39 is 10.8 Å². The van der Waals surface area contributed by atoms with Crippen molar-refractivity contribution in [1.82, 2.24) is 15.5 Å². The molecule has 3 aromatic rings. The van der Waals surface area contributed by atoms with E-state index in [4.69, 9.17) is 14.0 Å². The van der Waals surface area contributed by atoms with Crippen molar-refractivity contribution < 1.29 is 23.7 Å². The first kappa shape index (κ1) is 19.8. The van der Waals surface area contributed by atoms with E-state index in [-0.39, 0.29) is 17.8 Å². The Kier molecular flexibility index (Phi) is 6.03. The quantitative estimate of drug-likeness (QED) is 0.453. The summed E-state index contributed by atoms with van der Waals surface area (Å²) in [6.45, 7) is 0.231. The van der Waals surface area contributed by atoms with Crippen molar-refractivity contribution in [1.29, 1.82) is 0 Å². The molecule has 0 radical (unpaired) electrons. The number of carbonyl (C=O) groups excluding carboxylic acids is 1. The second-order valence-corrected chi connectivity index (χ2v) is 5.89. The zero-order valence-corrected chi connectivity index (χ0v) is 15.7. The molecule has 2 aromatic carbocycles. The molecule has 1 heterocycles. The Hall–Kier alpha value is -3.95. The van der Waals surface area contributed by atoms with Gasteiger partial charge < -0.3 is 19.3 Å². The third kappa shape index (κ3) is 4.67. The molecule has 0 fully saturated rings. The normalized spacial score (nSPS) is 10.4. The van der Waals surface area contributed by atoms with Crippen LogP contribution in [0.25, 0.3) is 11.4 Å². The third-order valence-corrected chi connectivity index (χ3v) is 4.05. The number of nitro groups is 1. The van der Waals surface area contributed by atoms with Crippen molar-refractivity contribution in [2.24, 2.45) is 0 Å². The Morgan fingerprint density at radius 1 is 1.17 bits per heavy atom. The number of nitrogens with one attached hydrogen (secondary N) is 1. The number of carbonyl (C=O) groups is 1. The highest BCUT2D eigenvalue weighted by molar-refractivity contribution is 5.94. The molecule has 0 saturated heterocycles. The van der Waals surface area contributed by atoms with Gasteiger partial charge in [0.2, 0.25) is 11.7 Å². The lowest BCUT2D eigenvalue weighted by Gasteiger charge is -2.07. The van der Waals surface area contributed by atoms with Crippen molar-refractivity contribution in [3.05, 3.63) is 64.0 Å². The summed E-state index contributed by atoms with van der Waals surface area (Å²) >= 11 is 0. The molecule has 0 unspecified atom stereocenters. The van der Waals surface area contributed by atoms with Crippen molar-refractivity contribution in [3.63, 3.8) is 0 Å². The average Bonchev–Trinajstić information content (AvgIpc) is 3.22. The molecule has 0 spiro atoms. The SMILES string of the molecule is COc1ccc(-c2noc(CCNC(=O)c3cccc([N+](=O)[O-])c3)n2)cc1OC. The van der Waals surface area contributed by atoms with Crippen LogP contribution in [-0.4, -0.2) is 41.7 Å². The average molecular weight is 398 g/mol. The first-order valence-electron chi connectivity index (χ1n) is 8.59. The highest BCUT2D eigenvalue weighted by atomic mass is 16.6. The molecule has 0 saturated carbocycles. The molecule has 0 aliphatic carbocycles. The van der Waals surface area contributed by atoms with Crippen molar-refractivity contribution in [2.75, 3.05) is 20.8 Å². The summed E-state index contributed by atoms with van der Waals surface area (Å²) in [5, 5.41) is 17.4. The van der Waals surface area contributed by atoms with Crippen LogP contribution < -0.4 is 14.8 Å². The number of hydrogen-bond donors (Lipinski definition) is 1. The number of hydrogen-bond acceptors (Lipinski definition) is 8. The number of non-ortho nitro benzene ring substituents is 1. The minimum Gasteiger partial charge on any atom is -0.493 e. The number of ether oxygens (including phenoxy) is 2. The predicted octanol–water partition coefficient (Wildman–Crippen LogP) is 2.63. The zero-order valence-electron chi connectivity index (χ0n) is 15.7. The van der Waals surface area contributed by atoms with Crippen LogP contribution in [0.15, 0.2) is 47.0 Å². The van der Waals surface area contributed by atoms with Crippen molar-refractivity contribution in [2.45, 2.75) is 6.42 Å². The van der Waals surface area contributed by atoms with E-state index in [1.165, 1.54) is 31.4 Å². The lowest BCUT2D eigenvalue weighted by atomic mass is 10.2. The van der Waals surface area contributed by atoms with Gasteiger partial charge in [-0.25, -0.2) is 0 Å². The molecule has 1 N–H and O–H groups in total. The van der Waals surface area contributed by atoms with Gasteiger partial charge in [0.05, 0.1) is 19.1 Å². The minimum absolute atomic E-state index is 0.144. The van der Waals surface area contributed by atoms with Gasteiger partial charge in [-0.15, -0.1) is 0 Å². The number of nitrogens with zero attached hydrogens (tertiary/aromatic N) is 3. The summed E-state index contributed by atoms with van der Waals surface area (Å²) in [6.07, 6.45) is 0.307. The van der Waals surface area contributed by atoms with Crippen molar-refractivity contribution >= 4 is 11.6 Å². The lowest BCUT2D eigenvalue weighted by Crippen LogP contribution is -2.25. The van der Waals surface area contributed by atoms with E-state index >= 15 is 0 Å². The maximum Gasteiger partial charge on any atom is 0.270 e. The molecule has 150 valence electrons. The first-order valence-corrected chi connectivity index (χ1v) is 8.59. The van der Waals surface area contributed by atoms with Gasteiger partial charge in [0, 0.05) is 36.2 Å². The Morgan fingerprint density at radius 2 is 1.97 bits per heavy atom. The summed E-state index contributed by atoms with van der Waals surface area (Å²) in [5.41, 5.74) is 0.753. The smallest absolute Gasteiger partial charge is 0.270 e. The molecule has 1 amide bonds. The van der Waals surface area contributed by atoms with Crippen LogP contribution >= 0.6 is 0 Å². The van der Waals surface area contributed by atoms with Crippen LogP contribution in [0.2, 0.25) is 0 Å². The van der Waals surface area contributed by atoms with E-state index in [0.717, 1.165) is 0 Å². The van der Waals surface area contributed by atoms with E-state index in [0.29, 0.717) is 35.2 Å². The Labute approximate surface area is 165 Å². The summed E-state index contributed by atoms with van der Waals surface area (Å²) in [4.78, 5) is 26.7. The maximum absolute atomic E-state index is 12.1. The van der Waals surface area contributed by atoms with E-state index in [2.05, 4.69) is 15.5 Å². The van der Waals surface area contributed by atoms with Gasteiger partial charge in [0.1, 0.15) is 0 Å². The molecular formula is C19H18N4O6. The van der Waals surface area contributed by atoms with Gasteiger partial charge in [-0.3, -0.25) is 14.9 Å². The van der Waals surface area contributed by atoms with Crippen LogP contribution in [0.3, 0.4) is 0 Å². The number of nitro benzene ring substituents is 1. The summed E-state index contributed by atoms with van der Waals surface area (Å²) in [7, 11) is 3.08. The summed E-state index contributed by atoms with van der Waals surface area (Å²) in [5.74, 6) is 1.43. The van der Waals surface area contributed by atoms with E-state index in [9.17, 15) is 14.9 Å². The topological polar surface area (TPSA) is 130 Å². The molecule has 10 nitrogen and oxygen atoms in total. The largest absolute Gasteiger partial charge is 0.493 e. The van der Waals surface area contributed by atoms with E-state index in [1.54, 1.807) is 25.3 Å². The number of benzene rings is 2. The summed E-state index contributed by atoms with van der Waals surface area (Å²) in [6, 6.07) is 10.8.